The molecule has 0 spiro atoms. The van der Waals surface area contributed by atoms with Gasteiger partial charge in [-0.3, -0.25) is 0 Å². The highest BCUT2D eigenvalue weighted by Gasteiger charge is 2.20. The van der Waals surface area contributed by atoms with E-state index in [1.54, 1.807) is 0 Å². The summed E-state index contributed by atoms with van der Waals surface area (Å²) in [6.45, 7) is 3.30. The van der Waals surface area contributed by atoms with Crippen LogP contribution >= 0.6 is 15.9 Å². The Hall–Kier alpha value is -1.01. The highest BCUT2D eigenvalue weighted by Crippen LogP contribution is 2.30. The fourth-order valence-electron chi connectivity index (χ4n) is 2.29. The molecule has 1 saturated heterocycles. The molecule has 1 aromatic rings. The van der Waals surface area contributed by atoms with Crippen LogP contribution in [0.1, 0.15) is 31.7 Å². The van der Waals surface area contributed by atoms with E-state index in [0.29, 0.717) is 6.04 Å². The third kappa shape index (κ3) is 2.22. The van der Waals surface area contributed by atoms with Crippen LogP contribution in [0.3, 0.4) is 0 Å². The molecule has 0 saturated carbocycles. The minimum absolute atomic E-state index is 0.537. The van der Waals surface area contributed by atoms with Gasteiger partial charge in [0.15, 0.2) is 0 Å². The zero-order chi connectivity index (χ0) is 11.5. The Morgan fingerprint density at radius 3 is 2.94 bits per heavy atom. The first-order valence-electron chi connectivity index (χ1n) is 5.68. The second kappa shape index (κ2) is 4.88. The Labute approximate surface area is 105 Å². The van der Waals surface area contributed by atoms with E-state index in [1.165, 1.54) is 19.3 Å². The molecule has 1 fully saturated rings. The second-order valence-electron chi connectivity index (χ2n) is 4.31. The van der Waals surface area contributed by atoms with Gasteiger partial charge in [-0.2, -0.15) is 5.26 Å². The van der Waals surface area contributed by atoms with Gasteiger partial charge < -0.3 is 4.90 Å². The summed E-state index contributed by atoms with van der Waals surface area (Å²) >= 11 is 3.48. The molecular formula is C13H15BrN2. The molecular weight excluding hydrogens is 264 g/mol. The fraction of sp³-hybridized carbons (Fsp3) is 0.462. The fourth-order valence-corrected chi connectivity index (χ4v) is 2.64. The standard InChI is InChI=1S/C13H15BrN2/c1-10-4-2-3-7-16(10)13-8-12(14)6-5-11(13)9-15/h5-6,8,10H,2-4,7H2,1H3. The van der Waals surface area contributed by atoms with Gasteiger partial charge in [0, 0.05) is 17.1 Å². The van der Waals surface area contributed by atoms with Crippen LogP contribution in [0.5, 0.6) is 0 Å². The Morgan fingerprint density at radius 1 is 1.44 bits per heavy atom. The summed E-state index contributed by atoms with van der Waals surface area (Å²) in [6.07, 6.45) is 3.74. The van der Waals surface area contributed by atoms with Crippen molar-refractivity contribution in [1.29, 1.82) is 5.26 Å². The van der Waals surface area contributed by atoms with Crippen LogP contribution in [-0.2, 0) is 0 Å². The van der Waals surface area contributed by atoms with Crippen molar-refractivity contribution in [3.8, 4) is 6.07 Å². The smallest absolute Gasteiger partial charge is 0.101 e. The molecule has 16 heavy (non-hydrogen) atoms. The van der Waals surface area contributed by atoms with Crippen LogP contribution in [0.25, 0.3) is 0 Å². The minimum atomic E-state index is 0.537. The molecule has 1 aliphatic heterocycles. The van der Waals surface area contributed by atoms with E-state index in [1.807, 2.05) is 12.1 Å². The van der Waals surface area contributed by atoms with E-state index < -0.39 is 0 Å². The van der Waals surface area contributed by atoms with Crippen molar-refractivity contribution >= 4 is 21.6 Å². The Kier molecular flexibility index (Phi) is 3.50. The topological polar surface area (TPSA) is 27.0 Å². The maximum atomic E-state index is 9.13. The van der Waals surface area contributed by atoms with Gasteiger partial charge in [0.05, 0.1) is 11.3 Å². The first kappa shape index (κ1) is 11.5. The molecule has 3 heteroatoms. The van der Waals surface area contributed by atoms with Gasteiger partial charge >= 0.3 is 0 Å². The lowest BCUT2D eigenvalue weighted by Gasteiger charge is -2.36. The van der Waals surface area contributed by atoms with Crippen molar-refractivity contribution in [2.24, 2.45) is 0 Å². The highest BCUT2D eigenvalue weighted by atomic mass is 79.9. The van der Waals surface area contributed by atoms with E-state index >= 15 is 0 Å². The average molecular weight is 279 g/mol. The molecule has 84 valence electrons. The maximum absolute atomic E-state index is 9.13. The number of benzene rings is 1. The molecule has 1 unspecified atom stereocenters. The zero-order valence-electron chi connectivity index (χ0n) is 9.41. The van der Waals surface area contributed by atoms with Gasteiger partial charge in [-0.1, -0.05) is 15.9 Å². The van der Waals surface area contributed by atoms with Crippen LogP contribution in [0.15, 0.2) is 22.7 Å². The summed E-state index contributed by atoms with van der Waals surface area (Å²) in [5.41, 5.74) is 1.85. The quantitative estimate of drug-likeness (QED) is 0.783. The molecule has 1 atom stereocenters. The van der Waals surface area contributed by atoms with Crippen LogP contribution < -0.4 is 4.90 Å². The summed E-state index contributed by atoms with van der Waals surface area (Å²) < 4.78 is 1.04. The van der Waals surface area contributed by atoms with E-state index in [9.17, 15) is 0 Å². The summed E-state index contributed by atoms with van der Waals surface area (Å²) in [7, 11) is 0. The van der Waals surface area contributed by atoms with Crippen molar-refractivity contribution in [3.63, 3.8) is 0 Å². The molecule has 0 amide bonds. The summed E-state index contributed by atoms with van der Waals surface area (Å²) in [5, 5.41) is 9.13. The number of halogens is 1. The number of hydrogen-bond donors (Lipinski definition) is 0. The predicted molar refractivity (Wildman–Crippen MR) is 69.5 cm³/mol. The monoisotopic (exact) mass is 278 g/mol. The maximum Gasteiger partial charge on any atom is 0.101 e. The molecule has 0 radical (unpaired) electrons. The first-order valence-corrected chi connectivity index (χ1v) is 6.48. The largest absolute Gasteiger partial charge is 0.368 e. The third-order valence-electron chi connectivity index (χ3n) is 3.19. The summed E-state index contributed by atoms with van der Waals surface area (Å²) in [5.74, 6) is 0. The molecule has 2 rings (SSSR count). The van der Waals surface area contributed by atoms with Gasteiger partial charge in [-0.05, 0) is 44.4 Å². The van der Waals surface area contributed by atoms with Crippen LogP contribution in [0.4, 0.5) is 5.69 Å². The van der Waals surface area contributed by atoms with E-state index in [2.05, 4.69) is 39.9 Å². The van der Waals surface area contributed by atoms with Gasteiger partial charge in [-0.25, -0.2) is 0 Å². The van der Waals surface area contributed by atoms with E-state index in [0.717, 1.165) is 22.3 Å². The molecule has 2 nitrogen and oxygen atoms in total. The lowest BCUT2D eigenvalue weighted by Crippen LogP contribution is -2.37. The van der Waals surface area contributed by atoms with Crippen LogP contribution in [0, 0.1) is 11.3 Å². The zero-order valence-corrected chi connectivity index (χ0v) is 11.0. The summed E-state index contributed by atoms with van der Waals surface area (Å²) in [6, 6.07) is 8.69. The van der Waals surface area contributed by atoms with E-state index in [4.69, 9.17) is 5.26 Å². The van der Waals surface area contributed by atoms with Crippen molar-refractivity contribution < 1.29 is 0 Å². The Bertz CT molecular complexity index is 422. The van der Waals surface area contributed by atoms with Gasteiger partial charge in [0.2, 0.25) is 0 Å². The molecule has 0 N–H and O–H groups in total. The van der Waals surface area contributed by atoms with E-state index in [-0.39, 0.29) is 0 Å². The second-order valence-corrected chi connectivity index (χ2v) is 5.23. The number of piperidine rings is 1. The highest BCUT2D eigenvalue weighted by molar-refractivity contribution is 9.10. The summed E-state index contributed by atoms with van der Waals surface area (Å²) in [4.78, 5) is 2.35. The molecule has 1 heterocycles. The van der Waals surface area contributed by atoms with Crippen LogP contribution in [0.2, 0.25) is 0 Å². The molecule has 0 aromatic heterocycles. The number of anilines is 1. The molecule has 0 bridgehead atoms. The first-order chi connectivity index (χ1) is 7.72. The third-order valence-corrected chi connectivity index (χ3v) is 3.69. The predicted octanol–water partition coefficient (Wildman–Crippen LogP) is 3.70. The van der Waals surface area contributed by atoms with Crippen molar-refractivity contribution in [2.75, 3.05) is 11.4 Å². The molecule has 0 aliphatic carbocycles. The molecule has 1 aromatic carbocycles. The lowest BCUT2D eigenvalue weighted by molar-refractivity contribution is 0.484. The normalized spacial score (nSPS) is 20.6. The minimum Gasteiger partial charge on any atom is -0.368 e. The number of nitriles is 1. The Morgan fingerprint density at radius 2 is 2.25 bits per heavy atom. The van der Waals surface area contributed by atoms with Gasteiger partial charge in [0.1, 0.15) is 6.07 Å². The van der Waals surface area contributed by atoms with Gasteiger partial charge in [0.25, 0.3) is 0 Å². The lowest BCUT2D eigenvalue weighted by atomic mass is 10.0. The average Bonchev–Trinajstić information content (AvgIpc) is 2.29. The van der Waals surface area contributed by atoms with Crippen LogP contribution in [-0.4, -0.2) is 12.6 Å². The van der Waals surface area contributed by atoms with Crippen molar-refractivity contribution in [1.82, 2.24) is 0 Å². The molecule has 1 aliphatic rings. The van der Waals surface area contributed by atoms with Crippen molar-refractivity contribution in [2.45, 2.75) is 32.2 Å². The number of rotatable bonds is 1. The van der Waals surface area contributed by atoms with Gasteiger partial charge in [-0.15, -0.1) is 0 Å². The number of nitrogens with zero attached hydrogens (tertiary/aromatic N) is 2. The number of hydrogen-bond acceptors (Lipinski definition) is 2. The Balaban J connectivity index is 2.38. The SMILES string of the molecule is CC1CCCCN1c1cc(Br)ccc1C#N. The van der Waals surface area contributed by atoms with Crippen molar-refractivity contribution in [3.05, 3.63) is 28.2 Å².